The number of hydrogen-bond acceptors (Lipinski definition) is 6. The molecule has 3 aliphatic heterocycles. The van der Waals surface area contributed by atoms with E-state index < -0.39 is 0 Å². The van der Waals surface area contributed by atoms with Gasteiger partial charge in [0.05, 0.1) is 26.4 Å². The first-order chi connectivity index (χ1) is 18.2. The molecule has 0 bridgehead atoms. The van der Waals surface area contributed by atoms with E-state index in [9.17, 15) is 4.79 Å². The van der Waals surface area contributed by atoms with Gasteiger partial charge in [0.15, 0.2) is 5.78 Å². The summed E-state index contributed by atoms with van der Waals surface area (Å²) in [6.07, 6.45) is 9.60. The summed E-state index contributed by atoms with van der Waals surface area (Å²) >= 11 is 0. The largest absolute Gasteiger partial charge is 0.496 e. The van der Waals surface area contributed by atoms with Gasteiger partial charge < -0.3 is 18.9 Å². The standard InChI is InChI=1S/C31H35NO5/c1-34-29-17-22-6-5-14-36-31(22)26-19-24(33)16-23-18-28(37-20-27(23)30(26)29)21-7-9-25(10-8-21)35-15-13-32-11-3-2-4-12-32/h6-10,16-17,28H,2-5,11-15,18-20H2,1H3. The van der Waals surface area contributed by atoms with Gasteiger partial charge in [0.1, 0.15) is 23.9 Å². The molecule has 0 radical (unpaired) electrons. The molecule has 6 nitrogen and oxygen atoms in total. The van der Waals surface area contributed by atoms with Crippen LogP contribution in [0.4, 0.5) is 0 Å². The van der Waals surface area contributed by atoms with Crippen LogP contribution in [0, 0.1) is 0 Å². The minimum absolute atomic E-state index is 0.0916. The van der Waals surface area contributed by atoms with Crippen LogP contribution in [0.2, 0.25) is 0 Å². The molecule has 194 valence electrons. The Kier molecular flexibility index (Phi) is 7.03. The molecule has 0 amide bonds. The Morgan fingerprint density at radius 3 is 2.76 bits per heavy atom. The lowest BCUT2D eigenvalue weighted by Gasteiger charge is -2.28. The molecule has 6 rings (SSSR count). The van der Waals surface area contributed by atoms with Crippen LogP contribution in [0.25, 0.3) is 11.6 Å². The molecule has 0 N–H and O–H groups in total. The quantitative estimate of drug-likeness (QED) is 0.604. The maximum Gasteiger partial charge on any atom is 0.160 e. The minimum atomic E-state index is -0.111. The Morgan fingerprint density at radius 1 is 1.11 bits per heavy atom. The fraction of sp³-hybridized carbons (Fsp3) is 0.452. The Hall–Kier alpha value is -3.09. The summed E-state index contributed by atoms with van der Waals surface area (Å²) in [6.45, 7) is 5.10. The van der Waals surface area contributed by atoms with Crippen molar-refractivity contribution in [2.24, 2.45) is 0 Å². The summed E-state index contributed by atoms with van der Waals surface area (Å²) < 4.78 is 24.2. The van der Waals surface area contributed by atoms with Gasteiger partial charge in [-0.3, -0.25) is 9.69 Å². The Bertz CT molecular complexity index is 1320. The van der Waals surface area contributed by atoms with E-state index in [-0.39, 0.29) is 11.9 Å². The van der Waals surface area contributed by atoms with Crippen molar-refractivity contribution in [3.05, 3.63) is 63.5 Å². The zero-order valence-corrected chi connectivity index (χ0v) is 21.6. The smallest absolute Gasteiger partial charge is 0.160 e. The maximum absolute atomic E-state index is 13.0. The third-order valence-corrected chi connectivity index (χ3v) is 7.91. The first-order valence-corrected chi connectivity index (χ1v) is 13.6. The van der Waals surface area contributed by atoms with Crippen molar-refractivity contribution in [3.8, 4) is 17.2 Å². The molecule has 1 unspecified atom stereocenters. The number of ether oxygens (including phenoxy) is 4. The molecule has 2 aromatic carbocycles. The van der Waals surface area contributed by atoms with Crippen molar-refractivity contribution in [3.63, 3.8) is 0 Å². The summed E-state index contributed by atoms with van der Waals surface area (Å²) in [4.78, 5) is 15.5. The number of likely N-dealkylation sites (tertiary alicyclic amines) is 1. The number of benzene rings is 2. The van der Waals surface area contributed by atoms with Crippen molar-refractivity contribution in [1.82, 2.24) is 4.90 Å². The number of carbonyl (C=O) groups is 1. The third kappa shape index (κ3) is 5.05. The van der Waals surface area contributed by atoms with Crippen LogP contribution in [0.5, 0.6) is 17.2 Å². The predicted octanol–water partition coefficient (Wildman–Crippen LogP) is 3.49. The second-order valence-electron chi connectivity index (χ2n) is 10.3. The van der Waals surface area contributed by atoms with Crippen molar-refractivity contribution in [2.45, 2.75) is 44.6 Å². The first-order valence-electron chi connectivity index (χ1n) is 13.6. The van der Waals surface area contributed by atoms with Crippen LogP contribution in [-0.2, 0) is 16.0 Å². The number of ketones is 1. The van der Waals surface area contributed by atoms with Gasteiger partial charge in [0.2, 0.25) is 0 Å². The number of carbonyl (C=O) groups excluding carboxylic acids is 1. The Morgan fingerprint density at radius 2 is 1.95 bits per heavy atom. The number of allylic oxidation sites excluding steroid dienone is 1. The van der Waals surface area contributed by atoms with Crippen molar-refractivity contribution in [2.75, 3.05) is 46.6 Å². The van der Waals surface area contributed by atoms with E-state index in [2.05, 4.69) is 23.1 Å². The van der Waals surface area contributed by atoms with Crippen LogP contribution in [0.3, 0.4) is 0 Å². The highest BCUT2D eigenvalue weighted by Gasteiger charge is 2.29. The predicted molar refractivity (Wildman–Crippen MR) is 143 cm³/mol. The average Bonchev–Trinajstić information content (AvgIpc) is 3.09. The maximum atomic E-state index is 13.0. The molecule has 37 heavy (non-hydrogen) atoms. The molecule has 2 aromatic rings. The normalized spacial score (nSPS) is 21.4. The molecule has 1 aliphatic carbocycles. The monoisotopic (exact) mass is 501 g/mol. The number of hydrogen-bond donors (Lipinski definition) is 0. The zero-order valence-electron chi connectivity index (χ0n) is 21.6. The number of methoxy groups -OCH3 is 1. The molecule has 3 heterocycles. The highest BCUT2D eigenvalue weighted by atomic mass is 16.5. The molecule has 2 fully saturated rings. The molecule has 4 aliphatic rings. The van der Waals surface area contributed by atoms with Gasteiger partial charge in [-0.25, -0.2) is 0 Å². The zero-order chi connectivity index (χ0) is 25.2. The Balaban J connectivity index is 1.21. The first kappa shape index (κ1) is 24.3. The van der Waals surface area contributed by atoms with E-state index >= 15 is 0 Å². The fourth-order valence-electron chi connectivity index (χ4n) is 6.00. The molecule has 1 atom stereocenters. The number of nitrogens with zero attached hydrogens (tertiary/aromatic N) is 1. The number of rotatable bonds is 6. The molecule has 0 spiro atoms. The minimum Gasteiger partial charge on any atom is -0.496 e. The van der Waals surface area contributed by atoms with Crippen LogP contribution in [0.15, 0.2) is 42.0 Å². The van der Waals surface area contributed by atoms with E-state index in [4.69, 9.17) is 18.9 Å². The lowest BCUT2D eigenvalue weighted by Crippen LogP contribution is -2.33. The summed E-state index contributed by atoms with van der Waals surface area (Å²) in [5.74, 6) is 2.57. The van der Waals surface area contributed by atoms with Gasteiger partial charge in [-0.05, 0) is 66.9 Å². The SMILES string of the molecule is COc1cc2c(c3c1=C1COC(c4ccc(OCCN5CCCCC5)cc4)CC1=CC(=O)C3)OCCC=2. The Labute approximate surface area is 218 Å². The molecule has 0 saturated carbocycles. The van der Waals surface area contributed by atoms with Gasteiger partial charge in [-0.15, -0.1) is 0 Å². The lowest BCUT2D eigenvalue weighted by atomic mass is 9.91. The van der Waals surface area contributed by atoms with Crippen LogP contribution in [-0.4, -0.2) is 57.2 Å². The second kappa shape index (κ2) is 10.7. The van der Waals surface area contributed by atoms with Crippen LogP contribution < -0.4 is 24.6 Å². The topological polar surface area (TPSA) is 57.2 Å². The lowest BCUT2D eigenvalue weighted by molar-refractivity contribution is -0.114. The van der Waals surface area contributed by atoms with Gasteiger partial charge in [-0.1, -0.05) is 24.6 Å². The number of piperidine rings is 1. The summed E-state index contributed by atoms with van der Waals surface area (Å²) in [5, 5.41) is 1.97. The van der Waals surface area contributed by atoms with Gasteiger partial charge in [-0.2, -0.15) is 0 Å². The summed E-state index contributed by atoms with van der Waals surface area (Å²) in [6, 6.07) is 10.3. The van der Waals surface area contributed by atoms with Crippen LogP contribution in [0.1, 0.15) is 49.3 Å². The molecule has 0 aromatic heterocycles. The van der Waals surface area contributed by atoms with Gasteiger partial charge in [0, 0.05) is 41.8 Å². The highest BCUT2D eigenvalue weighted by molar-refractivity contribution is 5.97. The third-order valence-electron chi connectivity index (χ3n) is 7.91. The number of fused-ring (bicyclic) bond motifs is 4. The molecule has 6 heteroatoms. The fourth-order valence-corrected chi connectivity index (χ4v) is 6.00. The van der Waals surface area contributed by atoms with Crippen LogP contribution >= 0.6 is 0 Å². The van der Waals surface area contributed by atoms with Crippen molar-refractivity contribution in [1.29, 1.82) is 0 Å². The highest BCUT2D eigenvalue weighted by Crippen LogP contribution is 2.37. The summed E-state index contributed by atoms with van der Waals surface area (Å²) in [7, 11) is 1.69. The summed E-state index contributed by atoms with van der Waals surface area (Å²) in [5.41, 5.74) is 4.07. The molecular weight excluding hydrogens is 466 g/mol. The van der Waals surface area contributed by atoms with Gasteiger partial charge in [0.25, 0.3) is 0 Å². The van der Waals surface area contributed by atoms with Gasteiger partial charge >= 0.3 is 0 Å². The van der Waals surface area contributed by atoms with E-state index in [0.717, 1.165) is 62.9 Å². The van der Waals surface area contributed by atoms with E-state index in [1.165, 1.54) is 32.4 Å². The molecule has 2 saturated heterocycles. The van der Waals surface area contributed by atoms with Crippen molar-refractivity contribution < 1.29 is 23.7 Å². The van der Waals surface area contributed by atoms with Crippen molar-refractivity contribution >= 4 is 17.4 Å². The average molecular weight is 502 g/mol. The van der Waals surface area contributed by atoms with E-state index in [1.54, 1.807) is 13.2 Å². The molecular formula is C31H35NO5. The van der Waals surface area contributed by atoms with E-state index in [1.807, 2.05) is 18.2 Å². The second-order valence-corrected chi connectivity index (χ2v) is 10.3. The van der Waals surface area contributed by atoms with E-state index in [0.29, 0.717) is 32.7 Å².